The van der Waals surface area contributed by atoms with Crippen molar-refractivity contribution in [2.45, 2.75) is 20.8 Å². The summed E-state index contributed by atoms with van der Waals surface area (Å²) in [6, 6.07) is 9.82. The molecule has 1 aromatic heterocycles. The summed E-state index contributed by atoms with van der Waals surface area (Å²) in [6.45, 7) is 7.34. The van der Waals surface area contributed by atoms with E-state index in [1.807, 2.05) is 51.1 Å². The van der Waals surface area contributed by atoms with Crippen LogP contribution in [0.1, 0.15) is 16.8 Å². The van der Waals surface area contributed by atoms with Gasteiger partial charge in [-0.05, 0) is 44.0 Å². The van der Waals surface area contributed by atoms with Crippen LogP contribution in [-0.2, 0) is 4.79 Å². The van der Waals surface area contributed by atoms with E-state index in [0.29, 0.717) is 18.9 Å². The molecule has 2 aromatic rings. The zero-order valence-electron chi connectivity index (χ0n) is 13.8. The number of carbonyl (C=O) groups is 1. The summed E-state index contributed by atoms with van der Waals surface area (Å²) >= 11 is 0. The number of para-hydroxylation sites is 1. The third-order valence-corrected chi connectivity index (χ3v) is 3.46. The van der Waals surface area contributed by atoms with Gasteiger partial charge in [0, 0.05) is 18.8 Å². The third kappa shape index (κ3) is 5.25. The molecule has 0 spiro atoms. The Kier molecular flexibility index (Phi) is 5.91. The number of hydrogen-bond acceptors (Lipinski definition) is 5. The molecule has 122 valence electrons. The molecule has 0 radical (unpaired) electrons. The highest BCUT2D eigenvalue weighted by Crippen LogP contribution is 2.18. The largest absolute Gasteiger partial charge is 0.376 e. The van der Waals surface area contributed by atoms with Crippen LogP contribution in [0.25, 0.3) is 0 Å². The Morgan fingerprint density at radius 2 is 1.70 bits per heavy atom. The first-order valence-corrected chi connectivity index (χ1v) is 7.67. The summed E-state index contributed by atoms with van der Waals surface area (Å²) in [5.74, 6) is 0.669. The molecule has 0 aliphatic rings. The lowest BCUT2D eigenvalue weighted by molar-refractivity contribution is -0.119. The van der Waals surface area contributed by atoms with E-state index in [0.717, 1.165) is 22.5 Å². The van der Waals surface area contributed by atoms with Crippen LogP contribution in [0.3, 0.4) is 0 Å². The fourth-order valence-corrected chi connectivity index (χ4v) is 2.21. The van der Waals surface area contributed by atoms with Crippen molar-refractivity contribution in [2.24, 2.45) is 0 Å². The van der Waals surface area contributed by atoms with E-state index in [1.165, 1.54) is 0 Å². The van der Waals surface area contributed by atoms with Crippen molar-refractivity contribution in [3.05, 3.63) is 47.2 Å². The summed E-state index contributed by atoms with van der Waals surface area (Å²) in [4.78, 5) is 11.9. The van der Waals surface area contributed by atoms with Crippen LogP contribution < -0.4 is 16.0 Å². The molecule has 0 saturated heterocycles. The predicted molar refractivity (Wildman–Crippen MR) is 92.7 cm³/mol. The van der Waals surface area contributed by atoms with E-state index in [9.17, 15) is 4.79 Å². The van der Waals surface area contributed by atoms with Crippen LogP contribution in [0.15, 0.2) is 30.3 Å². The van der Waals surface area contributed by atoms with Crippen molar-refractivity contribution >= 4 is 17.4 Å². The number of benzene rings is 1. The Hall–Kier alpha value is -2.63. The molecule has 6 heteroatoms. The Morgan fingerprint density at radius 3 is 2.35 bits per heavy atom. The zero-order chi connectivity index (χ0) is 16.7. The first-order valence-electron chi connectivity index (χ1n) is 7.67. The van der Waals surface area contributed by atoms with Gasteiger partial charge in [0.15, 0.2) is 0 Å². The fourth-order valence-electron chi connectivity index (χ4n) is 2.21. The molecule has 23 heavy (non-hydrogen) atoms. The van der Waals surface area contributed by atoms with E-state index in [4.69, 9.17) is 0 Å². The molecule has 0 aliphatic carbocycles. The van der Waals surface area contributed by atoms with Crippen molar-refractivity contribution in [3.8, 4) is 0 Å². The van der Waals surface area contributed by atoms with E-state index in [1.54, 1.807) is 0 Å². The number of amides is 1. The number of aryl methyl sites for hydroxylation is 3. The molecule has 0 atom stereocenters. The second kappa shape index (κ2) is 8.12. The molecular formula is C17H23N5O. The number of nitrogens with one attached hydrogen (secondary N) is 3. The van der Waals surface area contributed by atoms with Crippen LogP contribution in [0.5, 0.6) is 0 Å². The highest BCUT2D eigenvalue weighted by atomic mass is 16.1. The van der Waals surface area contributed by atoms with Crippen LogP contribution in [0.4, 0.5) is 11.5 Å². The molecular weight excluding hydrogens is 290 g/mol. The van der Waals surface area contributed by atoms with Crippen molar-refractivity contribution in [3.63, 3.8) is 0 Å². The summed E-state index contributed by atoms with van der Waals surface area (Å²) in [6.07, 6.45) is 0. The van der Waals surface area contributed by atoms with Crippen molar-refractivity contribution in [2.75, 3.05) is 30.3 Å². The first-order chi connectivity index (χ1) is 11.1. The van der Waals surface area contributed by atoms with E-state index >= 15 is 0 Å². The molecule has 6 nitrogen and oxygen atoms in total. The van der Waals surface area contributed by atoms with Gasteiger partial charge < -0.3 is 16.0 Å². The normalized spacial score (nSPS) is 10.2. The number of hydrogen-bond donors (Lipinski definition) is 3. The van der Waals surface area contributed by atoms with E-state index < -0.39 is 0 Å². The highest BCUT2D eigenvalue weighted by molar-refractivity contribution is 5.81. The molecule has 0 saturated carbocycles. The van der Waals surface area contributed by atoms with Crippen molar-refractivity contribution < 1.29 is 4.79 Å². The van der Waals surface area contributed by atoms with Crippen molar-refractivity contribution in [1.29, 1.82) is 0 Å². The molecule has 1 amide bonds. The summed E-state index contributed by atoms with van der Waals surface area (Å²) in [7, 11) is 0. The van der Waals surface area contributed by atoms with Gasteiger partial charge in [-0.3, -0.25) is 4.79 Å². The SMILES string of the molecule is Cc1ccc(NCCNC(=O)CNc2c(C)cccc2C)nn1. The van der Waals surface area contributed by atoms with Gasteiger partial charge in [-0.2, -0.15) is 5.10 Å². The monoisotopic (exact) mass is 313 g/mol. The minimum atomic E-state index is -0.0376. The summed E-state index contributed by atoms with van der Waals surface area (Å²) in [5, 5.41) is 17.1. The quantitative estimate of drug-likeness (QED) is 0.682. The molecule has 0 unspecified atom stereocenters. The summed E-state index contributed by atoms with van der Waals surface area (Å²) in [5.41, 5.74) is 4.17. The topological polar surface area (TPSA) is 78.9 Å². The molecule has 0 aliphatic heterocycles. The Morgan fingerprint density at radius 1 is 0.957 bits per heavy atom. The number of aromatic nitrogens is 2. The van der Waals surface area contributed by atoms with Gasteiger partial charge in [-0.1, -0.05) is 18.2 Å². The average Bonchev–Trinajstić information content (AvgIpc) is 2.53. The van der Waals surface area contributed by atoms with Gasteiger partial charge >= 0.3 is 0 Å². The Labute approximate surface area is 136 Å². The second-order valence-corrected chi connectivity index (χ2v) is 5.46. The number of rotatable bonds is 7. The minimum Gasteiger partial charge on any atom is -0.376 e. The smallest absolute Gasteiger partial charge is 0.239 e. The molecule has 1 aromatic carbocycles. The van der Waals surface area contributed by atoms with E-state index in [2.05, 4.69) is 26.1 Å². The Bertz CT molecular complexity index is 634. The van der Waals surface area contributed by atoms with Crippen molar-refractivity contribution in [1.82, 2.24) is 15.5 Å². The average molecular weight is 313 g/mol. The van der Waals surface area contributed by atoms with Crippen LogP contribution in [0, 0.1) is 20.8 Å². The van der Waals surface area contributed by atoms with Crippen LogP contribution in [0.2, 0.25) is 0 Å². The zero-order valence-corrected chi connectivity index (χ0v) is 13.8. The lowest BCUT2D eigenvalue weighted by Crippen LogP contribution is -2.33. The molecule has 1 heterocycles. The highest BCUT2D eigenvalue weighted by Gasteiger charge is 2.04. The van der Waals surface area contributed by atoms with Gasteiger partial charge in [0.2, 0.25) is 5.91 Å². The number of carbonyl (C=O) groups excluding carboxylic acids is 1. The third-order valence-electron chi connectivity index (χ3n) is 3.46. The van der Waals surface area contributed by atoms with Crippen LogP contribution >= 0.6 is 0 Å². The fraction of sp³-hybridized carbons (Fsp3) is 0.353. The standard InChI is InChI=1S/C17H23N5O/c1-12-5-4-6-13(2)17(12)20-11-16(23)19-10-9-18-15-8-7-14(3)21-22-15/h4-8,20H,9-11H2,1-3H3,(H,18,22)(H,19,23). The number of nitrogens with zero attached hydrogens (tertiary/aromatic N) is 2. The lowest BCUT2D eigenvalue weighted by atomic mass is 10.1. The van der Waals surface area contributed by atoms with Gasteiger partial charge in [0.1, 0.15) is 5.82 Å². The molecule has 0 bridgehead atoms. The molecule has 0 fully saturated rings. The lowest BCUT2D eigenvalue weighted by Gasteiger charge is -2.12. The van der Waals surface area contributed by atoms with Gasteiger partial charge in [0.05, 0.1) is 12.2 Å². The first kappa shape index (κ1) is 16.7. The molecule has 3 N–H and O–H groups in total. The van der Waals surface area contributed by atoms with Crippen LogP contribution in [-0.4, -0.2) is 35.7 Å². The Balaban J connectivity index is 1.68. The predicted octanol–water partition coefficient (Wildman–Crippen LogP) is 2.04. The minimum absolute atomic E-state index is 0.0376. The van der Waals surface area contributed by atoms with Gasteiger partial charge in [-0.15, -0.1) is 5.10 Å². The van der Waals surface area contributed by atoms with Gasteiger partial charge in [-0.25, -0.2) is 0 Å². The second-order valence-electron chi connectivity index (χ2n) is 5.46. The maximum atomic E-state index is 11.9. The maximum Gasteiger partial charge on any atom is 0.239 e. The summed E-state index contributed by atoms with van der Waals surface area (Å²) < 4.78 is 0. The van der Waals surface area contributed by atoms with E-state index in [-0.39, 0.29) is 12.5 Å². The number of anilines is 2. The maximum absolute atomic E-state index is 11.9. The van der Waals surface area contributed by atoms with Gasteiger partial charge in [0.25, 0.3) is 0 Å². The molecule has 2 rings (SSSR count).